The normalized spacial score (nSPS) is 13.8. The quantitative estimate of drug-likeness (QED) is 0.105. The first-order valence-corrected chi connectivity index (χ1v) is 19.6. The van der Waals surface area contributed by atoms with Crippen LogP contribution in [0.1, 0.15) is 67.0 Å². The van der Waals surface area contributed by atoms with Gasteiger partial charge in [-0.2, -0.15) is 0 Å². The second-order valence-corrected chi connectivity index (χ2v) is 15.2. The van der Waals surface area contributed by atoms with Crippen LogP contribution in [0.5, 0.6) is 23.1 Å². The lowest BCUT2D eigenvalue weighted by Gasteiger charge is -2.35. The van der Waals surface area contributed by atoms with Crippen LogP contribution in [0.25, 0.3) is 5.57 Å². The lowest BCUT2D eigenvalue weighted by atomic mass is 9.99. The van der Waals surface area contributed by atoms with Gasteiger partial charge in [0.1, 0.15) is 18.1 Å². The van der Waals surface area contributed by atoms with Gasteiger partial charge in [-0.3, -0.25) is 9.69 Å². The van der Waals surface area contributed by atoms with Gasteiger partial charge in [0, 0.05) is 61.4 Å². The van der Waals surface area contributed by atoms with Crippen molar-refractivity contribution in [3.8, 4) is 23.1 Å². The molecule has 55 heavy (non-hydrogen) atoms. The summed E-state index contributed by atoms with van der Waals surface area (Å²) in [6, 6.07) is 32.1. The number of aromatic nitrogens is 1. The molecule has 1 fully saturated rings. The van der Waals surface area contributed by atoms with Gasteiger partial charge in [0.25, 0.3) is 0 Å². The second kappa shape index (κ2) is 18.7. The van der Waals surface area contributed by atoms with Gasteiger partial charge in [0.2, 0.25) is 11.8 Å². The van der Waals surface area contributed by atoms with Gasteiger partial charge in [0.05, 0.1) is 17.8 Å². The third kappa shape index (κ3) is 10.7. The van der Waals surface area contributed by atoms with Crippen LogP contribution in [0.15, 0.2) is 109 Å². The number of piperazine rings is 1. The highest BCUT2D eigenvalue weighted by Gasteiger charge is 2.24. The topological polar surface area (TPSA) is 64.1 Å². The van der Waals surface area contributed by atoms with Crippen molar-refractivity contribution in [1.29, 1.82) is 0 Å². The number of ether oxygens (including phenoxy) is 3. The Bertz CT molecular complexity index is 2070. The van der Waals surface area contributed by atoms with Crippen LogP contribution >= 0.6 is 23.2 Å². The number of carbonyl (C=O) groups is 1. The van der Waals surface area contributed by atoms with E-state index in [9.17, 15) is 4.79 Å². The maximum absolute atomic E-state index is 13.6. The molecule has 0 N–H and O–H groups in total. The van der Waals surface area contributed by atoms with Gasteiger partial charge in [-0.25, -0.2) is 4.98 Å². The molecular formula is C46H49Cl2N3O4. The Morgan fingerprint density at radius 1 is 0.800 bits per heavy atom. The van der Waals surface area contributed by atoms with Crippen molar-refractivity contribution in [3.05, 3.63) is 152 Å². The Balaban J connectivity index is 0.970. The molecule has 4 aromatic carbocycles. The number of halogens is 2. The Labute approximate surface area is 335 Å². The van der Waals surface area contributed by atoms with Gasteiger partial charge in [-0.15, -0.1) is 0 Å². The molecule has 1 aromatic heterocycles. The Morgan fingerprint density at radius 3 is 2.15 bits per heavy atom. The van der Waals surface area contributed by atoms with Crippen LogP contribution < -0.4 is 14.2 Å². The molecule has 7 nitrogen and oxygen atoms in total. The fourth-order valence-corrected chi connectivity index (χ4v) is 6.99. The number of rotatable bonds is 14. The molecule has 0 aliphatic carbocycles. The van der Waals surface area contributed by atoms with Crippen LogP contribution in [0.3, 0.4) is 0 Å². The summed E-state index contributed by atoms with van der Waals surface area (Å²) >= 11 is 13.0. The summed E-state index contributed by atoms with van der Waals surface area (Å²) in [5.74, 6) is 2.98. The molecule has 6 rings (SSSR count). The summed E-state index contributed by atoms with van der Waals surface area (Å²) in [7, 11) is 0. The van der Waals surface area contributed by atoms with Gasteiger partial charge in [0.15, 0.2) is 5.75 Å². The number of allylic oxidation sites excluding steroid dienone is 1. The molecule has 0 saturated carbocycles. The molecular weight excluding hydrogens is 729 g/mol. The van der Waals surface area contributed by atoms with Gasteiger partial charge in [-0.1, -0.05) is 91.6 Å². The van der Waals surface area contributed by atoms with E-state index in [1.807, 2.05) is 62.1 Å². The minimum atomic E-state index is 0.0507. The minimum absolute atomic E-state index is 0.0507. The van der Waals surface area contributed by atoms with Crippen LogP contribution in [-0.4, -0.2) is 53.5 Å². The Hall–Kier alpha value is -4.82. The number of carbonyl (C=O) groups excluding carboxylic acids is 1. The largest absolute Gasteiger partial charge is 0.493 e. The molecule has 0 bridgehead atoms. The first kappa shape index (κ1) is 39.9. The summed E-state index contributed by atoms with van der Waals surface area (Å²) in [6.45, 7) is 15.0. The Morgan fingerprint density at radius 2 is 1.49 bits per heavy atom. The molecule has 286 valence electrons. The van der Waals surface area contributed by atoms with Gasteiger partial charge >= 0.3 is 0 Å². The van der Waals surface area contributed by atoms with Crippen LogP contribution in [0.4, 0.5) is 0 Å². The fourth-order valence-electron chi connectivity index (χ4n) is 6.50. The van der Waals surface area contributed by atoms with E-state index in [4.69, 9.17) is 37.4 Å². The number of aryl methyl sites for hydroxylation is 1. The molecule has 0 spiro atoms. The molecule has 0 radical (unpaired) electrons. The maximum atomic E-state index is 13.6. The van der Waals surface area contributed by atoms with Crippen LogP contribution in [0.2, 0.25) is 10.0 Å². The molecule has 2 heterocycles. The van der Waals surface area contributed by atoms with E-state index in [1.54, 1.807) is 18.3 Å². The molecule has 0 atom stereocenters. The van der Waals surface area contributed by atoms with Crippen molar-refractivity contribution in [2.45, 2.75) is 60.1 Å². The summed E-state index contributed by atoms with van der Waals surface area (Å²) < 4.78 is 17.9. The number of hydrogen-bond donors (Lipinski definition) is 0. The molecule has 1 saturated heterocycles. The molecule has 1 amide bonds. The van der Waals surface area contributed by atoms with Crippen LogP contribution in [0, 0.1) is 6.92 Å². The molecule has 5 aromatic rings. The van der Waals surface area contributed by atoms with E-state index < -0.39 is 0 Å². The van der Waals surface area contributed by atoms with Crippen molar-refractivity contribution >= 4 is 34.7 Å². The zero-order valence-corrected chi connectivity index (χ0v) is 33.8. The van der Waals surface area contributed by atoms with Gasteiger partial charge < -0.3 is 19.1 Å². The first-order chi connectivity index (χ1) is 26.5. The smallest absolute Gasteiger partial charge is 0.249 e. The standard InChI is InChI=1S/C46H49Cl2N3O4/c1-31(2)37-14-16-40(17-15-37)53-25-20-35-10-12-36(13-11-35)29-50-21-23-51(24-22-50)46(52)34(5)33(4)39-26-32(3)45(43(48)27-39)55-44-19-18-41(28-49-44)54-30-38-8-6-7-9-42(38)47/h6-19,26-28,31H,20-25,29-30H2,1-5H3. The number of benzene rings is 4. The summed E-state index contributed by atoms with van der Waals surface area (Å²) in [4.78, 5) is 22.4. The molecule has 1 aliphatic rings. The predicted octanol–water partition coefficient (Wildman–Crippen LogP) is 11.0. The molecule has 0 unspecified atom stereocenters. The Kier molecular flexibility index (Phi) is 13.5. The van der Waals surface area contributed by atoms with Crippen molar-refractivity contribution in [3.63, 3.8) is 0 Å². The third-order valence-electron chi connectivity index (χ3n) is 10.1. The average Bonchev–Trinajstić information content (AvgIpc) is 3.19. The van der Waals surface area contributed by atoms with Crippen molar-refractivity contribution < 1.29 is 19.0 Å². The van der Waals surface area contributed by atoms with E-state index in [0.29, 0.717) is 65.2 Å². The van der Waals surface area contributed by atoms with Crippen molar-refractivity contribution in [1.82, 2.24) is 14.8 Å². The third-order valence-corrected chi connectivity index (χ3v) is 10.8. The second-order valence-electron chi connectivity index (χ2n) is 14.4. The molecule has 1 aliphatic heterocycles. The van der Waals surface area contributed by atoms with E-state index >= 15 is 0 Å². The highest BCUT2D eigenvalue weighted by molar-refractivity contribution is 6.32. The number of amides is 1. The zero-order valence-electron chi connectivity index (χ0n) is 32.3. The van der Waals surface area contributed by atoms with Crippen LogP contribution in [-0.2, 0) is 24.4 Å². The highest BCUT2D eigenvalue weighted by Crippen LogP contribution is 2.36. The zero-order chi connectivity index (χ0) is 38.9. The molecule has 9 heteroatoms. The van der Waals surface area contributed by atoms with E-state index in [2.05, 4.69) is 72.3 Å². The SMILES string of the molecule is CC(C(=O)N1CCN(Cc2ccc(CCOc3ccc(C(C)C)cc3)cc2)CC1)=C(C)c1cc(C)c(Oc2ccc(OCc3ccccc3Cl)cn2)c(Cl)c1. The van der Waals surface area contributed by atoms with Gasteiger partial charge in [-0.05, 0) is 96.5 Å². The average molecular weight is 779 g/mol. The van der Waals surface area contributed by atoms with Crippen molar-refractivity contribution in [2.75, 3.05) is 32.8 Å². The van der Waals surface area contributed by atoms with E-state index in [1.165, 1.54) is 16.7 Å². The summed E-state index contributed by atoms with van der Waals surface area (Å²) in [6.07, 6.45) is 2.47. The lowest BCUT2D eigenvalue weighted by Crippen LogP contribution is -2.48. The number of nitrogens with zero attached hydrogens (tertiary/aromatic N) is 3. The lowest BCUT2D eigenvalue weighted by molar-refractivity contribution is -0.128. The minimum Gasteiger partial charge on any atom is -0.493 e. The maximum Gasteiger partial charge on any atom is 0.249 e. The van der Waals surface area contributed by atoms with E-state index in [0.717, 1.165) is 54.1 Å². The summed E-state index contributed by atoms with van der Waals surface area (Å²) in [5, 5.41) is 1.10. The predicted molar refractivity (Wildman–Crippen MR) is 223 cm³/mol. The number of pyridine rings is 1. The number of hydrogen-bond acceptors (Lipinski definition) is 6. The highest BCUT2D eigenvalue weighted by atomic mass is 35.5. The van der Waals surface area contributed by atoms with E-state index in [-0.39, 0.29) is 5.91 Å². The summed E-state index contributed by atoms with van der Waals surface area (Å²) in [5.41, 5.74) is 8.05. The van der Waals surface area contributed by atoms with Crippen molar-refractivity contribution in [2.24, 2.45) is 0 Å². The first-order valence-electron chi connectivity index (χ1n) is 18.8. The fraction of sp³-hybridized carbons (Fsp3) is 0.304. The monoisotopic (exact) mass is 777 g/mol.